The van der Waals surface area contributed by atoms with Crippen LogP contribution in [0.15, 0.2) is 18.2 Å². The predicted octanol–water partition coefficient (Wildman–Crippen LogP) is -0.321. The summed E-state index contributed by atoms with van der Waals surface area (Å²) < 4.78 is 9.60. The summed E-state index contributed by atoms with van der Waals surface area (Å²) in [5.41, 5.74) is 5.37. The van der Waals surface area contributed by atoms with Crippen molar-refractivity contribution in [2.45, 2.75) is 19.4 Å². The number of benzene rings is 1. The number of nitro groups is 1. The molecule has 0 spiro atoms. The van der Waals surface area contributed by atoms with Crippen molar-refractivity contribution >= 4 is 23.5 Å². The molecule has 0 unspecified atom stereocenters. The van der Waals surface area contributed by atoms with Crippen LogP contribution < -0.4 is 15.8 Å². The average Bonchev–Trinajstić information content (AvgIpc) is 2.51. The molecular weight excluding hydrogens is 322 g/mol. The van der Waals surface area contributed by atoms with Crippen LogP contribution in [-0.2, 0) is 25.5 Å². The second-order valence-electron chi connectivity index (χ2n) is 4.76. The summed E-state index contributed by atoms with van der Waals surface area (Å²) in [5.74, 6) is -1.92. The lowest BCUT2D eigenvalue weighted by Crippen LogP contribution is -2.47. The van der Waals surface area contributed by atoms with Gasteiger partial charge in [0.05, 0.1) is 12.0 Å². The van der Waals surface area contributed by atoms with E-state index in [1.54, 1.807) is 0 Å². The zero-order valence-corrected chi connectivity index (χ0v) is 13.1. The molecule has 0 aliphatic heterocycles. The summed E-state index contributed by atoms with van der Waals surface area (Å²) in [6.45, 7) is 0.567. The molecular formula is C14H17N3O7. The zero-order valence-electron chi connectivity index (χ0n) is 13.1. The molecule has 0 aromatic heterocycles. The smallest absolute Gasteiger partial charge is 0.303 e. The van der Waals surface area contributed by atoms with E-state index in [4.69, 9.17) is 10.5 Å². The van der Waals surface area contributed by atoms with E-state index in [-0.39, 0.29) is 12.1 Å². The van der Waals surface area contributed by atoms with Crippen molar-refractivity contribution in [1.29, 1.82) is 0 Å². The van der Waals surface area contributed by atoms with Gasteiger partial charge in [-0.05, 0) is 6.07 Å². The van der Waals surface area contributed by atoms with E-state index in [1.165, 1.54) is 25.3 Å². The van der Waals surface area contributed by atoms with E-state index in [9.17, 15) is 24.5 Å². The number of hydrogen-bond acceptors (Lipinski definition) is 7. The van der Waals surface area contributed by atoms with Crippen LogP contribution >= 0.6 is 0 Å². The summed E-state index contributed by atoms with van der Waals surface area (Å²) in [6, 6.07) is 2.71. The van der Waals surface area contributed by atoms with Crippen molar-refractivity contribution < 1.29 is 28.8 Å². The van der Waals surface area contributed by atoms with Gasteiger partial charge in [0.15, 0.2) is 6.61 Å². The average molecular weight is 339 g/mol. The van der Waals surface area contributed by atoms with E-state index < -0.39 is 35.4 Å². The lowest BCUT2D eigenvalue weighted by atomic mass is 10.0. The fourth-order valence-electron chi connectivity index (χ4n) is 1.88. The highest BCUT2D eigenvalue weighted by Gasteiger charge is 2.22. The number of esters is 1. The highest BCUT2D eigenvalue weighted by molar-refractivity contribution is 5.88. The third-order valence-electron chi connectivity index (χ3n) is 2.98. The first kappa shape index (κ1) is 18.9. The summed E-state index contributed by atoms with van der Waals surface area (Å²) >= 11 is 0. The van der Waals surface area contributed by atoms with Gasteiger partial charge in [-0.3, -0.25) is 24.5 Å². The maximum atomic E-state index is 11.6. The molecule has 130 valence electrons. The van der Waals surface area contributed by atoms with Gasteiger partial charge in [-0.15, -0.1) is 0 Å². The number of carbonyl (C=O) groups is 3. The molecule has 0 bridgehead atoms. The predicted molar refractivity (Wildman–Crippen MR) is 81.1 cm³/mol. The van der Waals surface area contributed by atoms with Gasteiger partial charge in [0.25, 0.3) is 11.6 Å². The number of amides is 2. The number of ether oxygens (including phenoxy) is 2. The normalized spacial score (nSPS) is 11.2. The number of hydrogen-bond donors (Lipinski definition) is 2. The van der Waals surface area contributed by atoms with E-state index >= 15 is 0 Å². The molecule has 0 aliphatic carbocycles. The second-order valence-corrected chi connectivity index (χ2v) is 4.76. The number of nitrogens with two attached hydrogens (primary N) is 1. The molecule has 0 fully saturated rings. The number of methoxy groups -OCH3 is 1. The van der Waals surface area contributed by atoms with Gasteiger partial charge >= 0.3 is 5.97 Å². The summed E-state index contributed by atoms with van der Waals surface area (Å²) in [5, 5.41) is 13.2. The summed E-state index contributed by atoms with van der Waals surface area (Å²) in [4.78, 5) is 44.1. The highest BCUT2D eigenvalue weighted by atomic mass is 16.6. The Labute approximate surface area is 137 Å². The van der Waals surface area contributed by atoms with Gasteiger partial charge < -0.3 is 20.5 Å². The Balaban J connectivity index is 2.93. The molecule has 0 radical (unpaired) electrons. The van der Waals surface area contributed by atoms with Gasteiger partial charge in [0.1, 0.15) is 11.8 Å². The number of rotatable bonds is 8. The highest BCUT2D eigenvalue weighted by Crippen LogP contribution is 2.25. The monoisotopic (exact) mass is 339 g/mol. The van der Waals surface area contributed by atoms with Crippen molar-refractivity contribution in [3.63, 3.8) is 0 Å². The number of nitro benzene ring substituents is 1. The molecule has 0 aliphatic rings. The minimum Gasteiger partial charge on any atom is -0.496 e. The molecule has 0 heterocycles. The standard InChI is InChI=1S/C14H17N3O7/c1-8(18)24-7-13(19)16-11(14(15)20)6-9-5-10(17(21)22)3-4-12(9)23-2/h3-5,11H,6-7H2,1-2H3,(H2,15,20)(H,16,19)/t11-/m1/s1. The molecule has 10 heteroatoms. The Bertz CT molecular complexity index is 660. The van der Waals surface area contributed by atoms with Crippen LogP contribution in [0.25, 0.3) is 0 Å². The quantitative estimate of drug-likeness (QED) is 0.374. The first-order valence-corrected chi connectivity index (χ1v) is 6.78. The Morgan fingerprint density at radius 3 is 2.54 bits per heavy atom. The number of carbonyl (C=O) groups excluding carboxylic acids is 3. The van der Waals surface area contributed by atoms with Crippen molar-refractivity contribution in [2.24, 2.45) is 5.73 Å². The lowest BCUT2D eigenvalue weighted by Gasteiger charge is -2.17. The number of nitrogens with one attached hydrogen (secondary N) is 1. The molecule has 24 heavy (non-hydrogen) atoms. The lowest BCUT2D eigenvalue weighted by molar-refractivity contribution is -0.384. The minimum atomic E-state index is -1.15. The Hall–Kier alpha value is -3.17. The van der Waals surface area contributed by atoms with E-state index in [0.717, 1.165) is 6.92 Å². The first-order valence-electron chi connectivity index (χ1n) is 6.78. The Morgan fingerprint density at radius 1 is 1.38 bits per heavy atom. The first-order chi connectivity index (χ1) is 11.2. The van der Waals surface area contributed by atoms with Crippen molar-refractivity contribution in [2.75, 3.05) is 13.7 Å². The van der Waals surface area contributed by atoms with E-state index in [2.05, 4.69) is 10.1 Å². The molecule has 1 aromatic rings. The fraction of sp³-hybridized carbons (Fsp3) is 0.357. The SMILES string of the molecule is COc1ccc([N+](=O)[O-])cc1C[C@@H](NC(=O)COC(C)=O)C(N)=O. The molecule has 0 saturated carbocycles. The number of nitrogens with zero attached hydrogens (tertiary/aromatic N) is 1. The third kappa shape index (κ3) is 5.55. The molecule has 2 amide bonds. The largest absolute Gasteiger partial charge is 0.496 e. The topological polar surface area (TPSA) is 151 Å². The van der Waals surface area contributed by atoms with E-state index in [0.29, 0.717) is 11.3 Å². The van der Waals surface area contributed by atoms with Crippen molar-refractivity contribution in [1.82, 2.24) is 5.32 Å². The van der Waals surface area contributed by atoms with Crippen molar-refractivity contribution in [3.8, 4) is 5.75 Å². The summed E-state index contributed by atoms with van der Waals surface area (Å²) in [6.07, 6.45) is -0.119. The van der Waals surface area contributed by atoms with Crippen LogP contribution in [0.2, 0.25) is 0 Å². The van der Waals surface area contributed by atoms with E-state index in [1.807, 2.05) is 0 Å². The van der Waals surface area contributed by atoms with Gasteiger partial charge in [0, 0.05) is 31.0 Å². The molecule has 3 N–H and O–H groups in total. The third-order valence-corrected chi connectivity index (χ3v) is 2.98. The minimum absolute atomic E-state index is 0.119. The Kier molecular flexibility index (Phi) is 6.65. The molecule has 1 aromatic carbocycles. The molecule has 1 atom stereocenters. The molecule has 0 saturated heterocycles. The van der Waals surface area contributed by atoms with Gasteiger partial charge in [-0.25, -0.2) is 0 Å². The van der Waals surface area contributed by atoms with Crippen molar-refractivity contribution in [3.05, 3.63) is 33.9 Å². The maximum absolute atomic E-state index is 11.6. The van der Waals surface area contributed by atoms with Gasteiger partial charge in [-0.2, -0.15) is 0 Å². The molecule has 10 nitrogen and oxygen atoms in total. The van der Waals surface area contributed by atoms with Gasteiger partial charge in [-0.1, -0.05) is 0 Å². The number of non-ortho nitro benzene ring substituents is 1. The summed E-state index contributed by atoms with van der Waals surface area (Å²) in [7, 11) is 1.36. The fourth-order valence-corrected chi connectivity index (χ4v) is 1.88. The number of primary amides is 1. The van der Waals surface area contributed by atoms with Crippen LogP contribution in [0.1, 0.15) is 12.5 Å². The zero-order chi connectivity index (χ0) is 18.3. The molecule has 1 rings (SSSR count). The maximum Gasteiger partial charge on any atom is 0.303 e. The van der Waals surface area contributed by atoms with Crippen LogP contribution in [0.5, 0.6) is 5.75 Å². The second kappa shape index (κ2) is 8.46. The van der Waals surface area contributed by atoms with Crippen LogP contribution in [0.3, 0.4) is 0 Å². The van der Waals surface area contributed by atoms with Crippen LogP contribution in [0, 0.1) is 10.1 Å². The van der Waals surface area contributed by atoms with Crippen LogP contribution in [0.4, 0.5) is 5.69 Å². The Morgan fingerprint density at radius 2 is 2.04 bits per heavy atom. The van der Waals surface area contributed by atoms with Crippen LogP contribution in [-0.4, -0.2) is 42.5 Å². The van der Waals surface area contributed by atoms with Gasteiger partial charge in [0.2, 0.25) is 5.91 Å².